The molecule has 2 heterocycles. The number of nitrogens with zero attached hydrogens (tertiary/aromatic N) is 2. The maximum Gasteiger partial charge on any atom is 0.433 e. The van der Waals surface area contributed by atoms with Crippen LogP contribution in [0.25, 0.3) is 0 Å². The molecule has 2 rings (SSSR count). The molecule has 1 aliphatic heterocycles. The number of methoxy groups -OCH3 is 1. The summed E-state index contributed by atoms with van der Waals surface area (Å²) in [7, 11) is -0.0271. The van der Waals surface area contributed by atoms with E-state index < -0.39 is 27.5 Å². The quantitative estimate of drug-likeness (QED) is 0.769. The van der Waals surface area contributed by atoms with Gasteiger partial charge >= 0.3 is 12.3 Å². The summed E-state index contributed by atoms with van der Waals surface area (Å²) in [5.74, 6) is 1.68. The molecular weight excluding hydrogens is 369 g/mol. The van der Waals surface area contributed by atoms with Gasteiger partial charge in [0, 0.05) is 18.4 Å². The zero-order valence-corrected chi connectivity index (χ0v) is 16.5. The predicted molar refractivity (Wildman–Crippen MR) is 95.7 cm³/mol. The Morgan fingerprint density at radius 3 is 2.50 bits per heavy atom. The molecule has 1 fully saturated rings. The van der Waals surface area contributed by atoms with Gasteiger partial charge in [0.1, 0.15) is 11.3 Å². The van der Waals surface area contributed by atoms with Crippen molar-refractivity contribution in [2.24, 2.45) is 0 Å². The molecule has 148 valence electrons. The van der Waals surface area contributed by atoms with Gasteiger partial charge in [-0.25, -0.2) is 19.8 Å². The Bertz CT molecular complexity index is 676. The molecule has 0 aromatic carbocycles. The second-order valence-electron chi connectivity index (χ2n) is 7.60. The van der Waals surface area contributed by atoms with E-state index in [1.165, 1.54) is 13.2 Å². The normalized spacial score (nSPS) is 23.5. The van der Waals surface area contributed by atoms with Crippen LogP contribution >= 0.6 is 10.0 Å². The maximum absolute atomic E-state index is 13.0. The summed E-state index contributed by atoms with van der Waals surface area (Å²) >= 11 is 0. The van der Waals surface area contributed by atoms with E-state index in [2.05, 4.69) is 4.98 Å². The highest BCUT2D eigenvalue weighted by Crippen LogP contribution is 2.52. The number of ether oxygens (including phenoxy) is 2. The Kier molecular flexibility index (Phi) is 5.70. The molecule has 0 bridgehead atoms. The maximum atomic E-state index is 13.0. The molecule has 0 radical (unpaired) electrons. The van der Waals surface area contributed by atoms with Crippen molar-refractivity contribution in [3.8, 4) is 5.88 Å². The van der Waals surface area contributed by atoms with Crippen LogP contribution in [0, 0.1) is 0 Å². The molecule has 0 aliphatic carbocycles. The molecule has 1 atom stereocenters. The van der Waals surface area contributed by atoms with Gasteiger partial charge < -0.3 is 9.47 Å². The second-order valence-corrected chi connectivity index (χ2v) is 11.5. The molecule has 0 saturated carbocycles. The van der Waals surface area contributed by atoms with Crippen LogP contribution in [0.5, 0.6) is 5.88 Å². The van der Waals surface area contributed by atoms with Crippen molar-refractivity contribution in [1.29, 1.82) is 0 Å². The number of rotatable bonds is 3. The van der Waals surface area contributed by atoms with Crippen LogP contribution in [0.2, 0.25) is 0 Å². The molecule has 1 aromatic heterocycles. The van der Waals surface area contributed by atoms with Gasteiger partial charge in [0.25, 0.3) is 0 Å². The summed E-state index contributed by atoms with van der Waals surface area (Å²) in [6.07, 6.45) is -2.87. The van der Waals surface area contributed by atoms with Crippen molar-refractivity contribution in [2.45, 2.75) is 38.3 Å². The van der Waals surface area contributed by atoms with Crippen LogP contribution in [0.1, 0.15) is 32.0 Å². The number of halogens is 3. The lowest BCUT2D eigenvalue weighted by molar-refractivity contribution is -0.141. The highest BCUT2D eigenvalue weighted by Gasteiger charge is 2.36. The number of aromatic nitrogens is 1. The highest BCUT2D eigenvalue weighted by molar-refractivity contribution is 8.32. The number of alkyl halides is 3. The zero-order chi connectivity index (χ0) is 19.8. The summed E-state index contributed by atoms with van der Waals surface area (Å²) in [6.45, 7) is 5.95. The van der Waals surface area contributed by atoms with Gasteiger partial charge in [0.05, 0.1) is 13.0 Å². The van der Waals surface area contributed by atoms with Gasteiger partial charge in [-0.05, 0) is 44.4 Å². The first-order valence-electron chi connectivity index (χ1n) is 8.13. The summed E-state index contributed by atoms with van der Waals surface area (Å²) < 4.78 is 49.4. The molecule has 1 saturated heterocycles. The number of pyridine rings is 1. The monoisotopic (exact) mass is 394 g/mol. The standard InChI is InChI=1S/C17H25F3N2O3S/c1-16(2,3)25-15(23)22-6-7-26(5,11-22)10-12-8-13(17(18,19)20)21-14(9-12)24-4/h8-9H,6-7,10-11H2,1-5H3. The van der Waals surface area contributed by atoms with Gasteiger partial charge in [-0.2, -0.15) is 13.2 Å². The zero-order valence-electron chi connectivity index (χ0n) is 15.6. The van der Waals surface area contributed by atoms with Crippen LogP contribution in [0.15, 0.2) is 12.1 Å². The highest BCUT2D eigenvalue weighted by atomic mass is 32.3. The van der Waals surface area contributed by atoms with Crippen LogP contribution in [-0.2, 0) is 16.7 Å². The molecule has 0 N–H and O–H groups in total. The lowest BCUT2D eigenvalue weighted by atomic mass is 10.2. The summed E-state index contributed by atoms with van der Waals surface area (Å²) in [4.78, 5) is 17.3. The minimum absolute atomic E-state index is 0.0557. The van der Waals surface area contributed by atoms with Crippen molar-refractivity contribution in [2.75, 3.05) is 31.5 Å². The first-order chi connectivity index (χ1) is 11.8. The molecule has 26 heavy (non-hydrogen) atoms. The van der Waals surface area contributed by atoms with Crippen LogP contribution in [0.4, 0.5) is 18.0 Å². The fraction of sp³-hybridized carbons (Fsp3) is 0.647. The van der Waals surface area contributed by atoms with Crippen molar-refractivity contribution in [3.05, 3.63) is 23.4 Å². The lowest BCUT2D eigenvalue weighted by Gasteiger charge is -2.31. The van der Waals surface area contributed by atoms with Crippen molar-refractivity contribution in [1.82, 2.24) is 9.88 Å². The first-order valence-corrected chi connectivity index (χ1v) is 10.7. The number of amides is 1. The van der Waals surface area contributed by atoms with E-state index in [4.69, 9.17) is 9.47 Å². The Morgan fingerprint density at radius 2 is 1.96 bits per heavy atom. The van der Waals surface area contributed by atoms with Gasteiger partial charge in [0.2, 0.25) is 5.88 Å². The van der Waals surface area contributed by atoms with E-state index in [-0.39, 0.29) is 12.0 Å². The number of hydrogen-bond acceptors (Lipinski definition) is 4. The Hall–Kier alpha value is -1.64. The first kappa shape index (κ1) is 20.7. The Balaban J connectivity index is 2.14. The average Bonchev–Trinajstić information content (AvgIpc) is 2.86. The third kappa shape index (κ3) is 5.43. The summed E-state index contributed by atoms with van der Waals surface area (Å²) in [6, 6.07) is 2.60. The topological polar surface area (TPSA) is 51.7 Å². The number of hydrogen-bond donors (Lipinski definition) is 0. The molecule has 9 heteroatoms. The van der Waals surface area contributed by atoms with Crippen molar-refractivity contribution < 1.29 is 27.4 Å². The number of carbonyl (C=O) groups excluding carboxylic acids is 1. The van der Waals surface area contributed by atoms with Crippen molar-refractivity contribution in [3.63, 3.8) is 0 Å². The molecule has 1 amide bonds. The molecule has 1 unspecified atom stereocenters. The third-order valence-corrected chi connectivity index (χ3v) is 6.98. The van der Waals surface area contributed by atoms with E-state index in [0.717, 1.165) is 11.8 Å². The average molecular weight is 394 g/mol. The van der Waals surface area contributed by atoms with Crippen LogP contribution in [0.3, 0.4) is 0 Å². The van der Waals surface area contributed by atoms with E-state index in [0.29, 0.717) is 23.7 Å². The Labute approximate surface area is 153 Å². The predicted octanol–water partition coefficient (Wildman–Crippen LogP) is 4.25. The molecular formula is C17H25F3N2O3S. The fourth-order valence-corrected chi connectivity index (χ4v) is 5.70. The largest absolute Gasteiger partial charge is 0.481 e. The summed E-state index contributed by atoms with van der Waals surface area (Å²) in [5, 5.41) is 0. The molecule has 0 spiro atoms. The SMILES string of the molecule is COc1cc(CS2(C)CCN(C(=O)OC(C)(C)C)C2)cc(C(F)(F)F)n1. The molecule has 1 aromatic rings. The fourth-order valence-electron chi connectivity index (χ4n) is 2.72. The van der Waals surface area contributed by atoms with E-state index in [9.17, 15) is 18.0 Å². The van der Waals surface area contributed by atoms with Gasteiger partial charge in [-0.1, -0.05) is 0 Å². The number of carbonyl (C=O) groups is 1. The van der Waals surface area contributed by atoms with Crippen LogP contribution in [-0.4, -0.2) is 53.1 Å². The molecule has 1 aliphatic rings. The van der Waals surface area contributed by atoms with E-state index >= 15 is 0 Å². The third-order valence-electron chi connectivity index (χ3n) is 3.85. The lowest BCUT2D eigenvalue weighted by Crippen LogP contribution is -2.35. The van der Waals surface area contributed by atoms with E-state index in [1.54, 1.807) is 25.7 Å². The van der Waals surface area contributed by atoms with Gasteiger partial charge in [-0.15, -0.1) is 0 Å². The van der Waals surface area contributed by atoms with Gasteiger partial charge in [-0.3, -0.25) is 4.90 Å². The molecule has 5 nitrogen and oxygen atoms in total. The van der Waals surface area contributed by atoms with Gasteiger partial charge in [0.15, 0.2) is 0 Å². The minimum Gasteiger partial charge on any atom is -0.481 e. The van der Waals surface area contributed by atoms with Crippen molar-refractivity contribution >= 4 is 16.1 Å². The second kappa shape index (κ2) is 7.17. The summed E-state index contributed by atoms with van der Waals surface area (Å²) in [5.41, 5.74) is -1.02. The smallest absolute Gasteiger partial charge is 0.433 e. The van der Waals surface area contributed by atoms with Crippen LogP contribution < -0.4 is 4.74 Å². The Morgan fingerprint density at radius 1 is 1.31 bits per heavy atom. The van der Waals surface area contributed by atoms with E-state index in [1.807, 2.05) is 6.26 Å². The minimum atomic E-state index is -4.53.